The molecule has 1 aliphatic rings. The molecule has 2 N–H and O–H groups in total. The Morgan fingerprint density at radius 3 is 2.77 bits per heavy atom. The number of ether oxygens (including phenoxy) is 1. The number of hydrogen-bond donors (Lipinski definition) is 2. The molecule has 0 heterocycles. The van der Waals surface area contributed by atoms with Gasteiger partial charge in [0.1, 0.15) is 12.4 Å². The molecule has 2 atom stereocenters. The lowest BCUT2D eigenvalue weighted by molar-refractivity contribution is -0.116. The van der Waals surface area contributed by atoms with Gasteiger partial charge in [-0.25, -0.2) is 0 Å². The number of rotatable bonds is 7. The van der Waals surface area contributed by atoms with E-state index in [1.165, 1.54) is 6.08 Å². The highest BCUT2D eigenvalue weighted by molar-refractivity contribution is 5.92. The van der Waals surface area contributed by atoms with Crippen LogP contribution in [0.3, 0.4) is 0 Å². The van der Waals surface area contributed by atoms with Crippen LogP contribution < -0.4 is 10.1 Å². The van der Waals surface area contributed by atoms with E-state index in [-0.39, 0.29) is 24.5 Å². The average Bonchev–Trinajstić information content (AvgIpc) is 3.13. The Bertz CT molecular complexity index is 783. The van der Waals surface area contributed by atoms with Crippen molar-refractivity contribution in [2.24, 2.45) is 5.92 Å². The van der Waals surface area contributed by atoms with Crippen LogP contribution in [0.4, 0.5) is 0 Å². The predicted molar refractivity (Wildman–Crippen MR) is 103 cm³/mol. The van der Waals surface area contributed by atoms with E-state index in [2.05, 4.69) is 5.32 Å². The van der Waals surface area contributed by atoms with E-state index in [0.717, 1.165) is 23.3 Å². The van der Waals surface area contributed by atoms with Crippen LogP contribution in [-0.2, 0) is 11.4 Å². The van der Waals surface area contributed by atoms with Crippen LogP contribution in [0.2, 0.25) is 0 Å². The summed E-state index contributed by atoms with van der Waals surface area (Å²) in [7, 11) is 0. The van der Waals surface area contributed by atoms with Gasteiger partial charge in [-0.1, -0.05) is 54.6 Å². The predicted octanol–water partition coefficient (Wildman–Crippen LogP) is 3.33. The minimum Gasteiger partial charge on any atom is -0.489 e. The van der Waals surface area contributed by atoms with E-state index in [0.29, 0.717) is 6.61 Å². The maximum atomic E-state index is 12.0. The highest BCUT2D eigenvalue weighted by Crippen LogP contribution is 2.18. The number of amides is 1. The Labute approximate surface area is 153 Å². The van der Waals surface area contributed by atoms with E-state index in [9.17, 15) is 4.79 Å². The molecule has 0 fully saturated rings. The Kier molecular flexibility index (Phi) is 6.23. The molecule has 26 heavy (non-hydrogen) atoms. The van der Waals surface area contributed by atoms with Crippen molar-refractivity contribution in [3.8, 4) is 5.75 Å². The van der Waals surface area contributed by atoms with Crippen LogP contribution in [0.5, 0.6) is 5.75 Å². The lowest BCUT2D eigenvalue weighted by atomic mass is 10.1. The first kappa shape index (κ1) is 18.0. The fourth-order valence-corrected chi connectivity index (χ4v) is 2.87. The van der Waals surface area contributed by atoms with Crippen LogP contribution in [0.15, 0.2) is 72.8 Å². The van der Waals surface area contributed by atoms with Crippen molar-refractivity contribution < 1.29 is 14.6 Å². The molecule has 0 saturated heterocycles. The third-order valence-electron chi connectivity index (χ3n) is 4.27. The fourth-order valence-electron chi connectivity index (χ4n) is 2.87. The number of benzene rings is 2. The normalized spacial score (nSPS) is 19.0. The van der Waals surface area contributed by atoms with Crippen LogP contribution in [-0.4, -0.2) is 23.7 Å². The standard InChI is InChI=1S/C22H23NO3/c24-15-19-9-11-20(13-19)23-22(25)12-10-17-7-4-8-21(14-17)26-16-18-5-2-1-3-6-18/h1-12,14,19-20,24H,13,15-16H2,(H,23,25)/b12-10+/t19-,20+/m0/s1. The quantitative estimate of drug-likeness (QED) is 0.595. The van der Waals surface area contributed by atoms with Crippen molar-refractivity contribution in [3.63, 3.8) is 0 Å². The van der Waals surface area contributed by atoms with Gasteiger partial charge in [0.15, 0.2) is 0 Å². The van der Waals surface area contributed by atoms with Crippen molar-refractivity contribution >= 4 is 12.0 Å². The van der Waals surface area contributed by atoms with Gasteiger partial charge < -0.3 is 15.2 Å². The zero-order valence-electron chi connectivity index (χ0n) is 14.5. The fraction of sp³-hybridized carbons (Fsp3) is 0.227. The molecule has 0 aliphatic heterocycles. The maximum absolute atomic E-state index is 12.0. The number of aliphatic hydroxyl groups excluding tert-OH is 1. The molecule has 134 valence electrons. The summed E-state index contributed by atoms with van der Waals surface area (Å²) >= 11 is 0. The lowest BCUT2D eigenvalue weighted by Crippen LogP contribution is -2.31. The number of carbonyl (C=O) groups is 1. The summed E-state index contributed by atoms with van der Waals surface area (Å²) in [6, 6.07) is 17.6. The minimum atomic E-state index is -0.145. The SMILES string of the molecule is O=C(/C=C/c1cccc(OCc2ccccc2)c1)N[C@@H]1C=C[C@H](CO)C1. The van der Waals surface area contributed by atoms with Crippen molar-refractivity contribution in [3.05, 3.63) is 84.0 Å². The molecular formula is C22H23NO3. The van der Waals surface area contributed by atoms with Gasteiger partial charge in [-0.3, -0.25) is 4.79 Å². The van der Waals surface area contributed by atoms with Crippen molar-refractivity contribution in [2.75, 3.05) is 6.61 Å². The van der Waals surface area contributed by atoms with Gasteiger partial charge >= 0.3 is 0 Å². The Balaban J connectivity index is 1.52. The largest absolute Gasteiger partial charge is 0.489 e. The van der Waals surface area contributed by atoms with Crippen LogP contribution in [0.25, 0.3) is 6.08 Å². The van der Waals surface area contributed by atoms with Gasteiger partial charge in [0.2, 0.25) is 5.91 Å². The lowest BCUT2D eigenvalue weighted by Gasteiger charge is -2.10. The Morgan fingerprint density at radius 2 is 2.00 bits per heavy atom. The first-order chi connectivity index (χ1) is 12.7. The molecule has 0 spiro atoms. The first-order valence-corrected chi connectivity index (χ1v) is 8.77. The van der Waals surface area contributed by atoms with Crippen LogP contribution in [0.1, 0.15) is 17.5 Å². The number of hydrogen-bond acceptors (Lipinski definition) is 3. The average molecular weight is 349 g/mol. The molecule has 4 heteroatoms. The first-order valence-electron chi connectivity index (χ1n) is 8.77. The molecule has 0 bridgehead atoms. The van der Waals surface area contributed by atoms with Crippen molar-refractivity contribution in [2.45, 2.75) is 19.1 Å². The summed E-state index contributed by atoms with van der Waals surface area (Å²) < 4.78 is 5.80. The highest BCUT2D eigenvalue weighted by Gasteiger charge is 2.18. The zero-order valence-corrected chi connectivity index (χ0v) is 14.5. The minimum absolute atomic E-state index is 0.00941. The van der Waals surface area contributed by atoms with Gasteiger partial charge in [-0.2, -0.15) is 0 Å². The molecule has 0 unspecified atom stereocenters. The van der Waals surface area contributed by atoms with E-state index < -0.39 is 0 Å². The molecule has 2 aromatic rings. The van der Waals surface area contributed by atoms with Crippen LogP contribution in [0, 0.1) is 5.92 Å². The molecule has 4 nitrogen and oxygen atoms in total. The third kappa shape index (κ3) is 5.33. The summed E-state index contributed by atoms with van der Waals surface area (Å²) in [6.07, 6.45) is 7.93. The Morgan fingerprint density at radius 1 is 1.15 bits per heavy atom. The maximum Gasteiger partial charge on any atom is 0.244 e. The summed E-state index contributed by atoms with van der Waals surface area (Å²) in [6.45, 7) is 0.628. The number of aliphatic hydroxyl groups is 1. The van der Waals surface area contributed by atoms with E-state index in [4.69, 9.17) is 9.84 Å². The van der Waals surface area contributed by atoms with Gasteiger partial charge in [0.25, 0.3) is 0 Å². The van der Waals surface area contributed by atoms with Gasteiger partial charge in [0, 0.05) is 24.6 Å². The third-order valence-corrected chi connectivity index (χ3v) is 4.27. The highest BCUT2D eigenvalue weighted by atomic mass is 16.5. The van der Waals surface area contributed by atoms with E-state index in [1.807, 2.05) is 66.7 Å². The summed E-state index contributed by atoms with van der Waals surface area (Å²) in [5.74, 6) is 0.762. The molecule has 1 aliphatic carbocycles. The van der Waals surface area contributed by atoms with Crippen molar-refractivity contribution in [1.82, 2.24) is 5.32 Å². The molecule has 0 radical (unpaired) electrons. The van der Waals surface area contributed by atoms with Crippen LogP contribution >= 0.6 is 0 Å². The van der Waals surface area contributed by atoms with Crippen molar-refractivity contribution in [1.29, 1.82) is 0 Å². The second kappa shape index (κ2) is 9.02. The van der Waals surface area contributed by atoms with Gasteiger partial charge in [-0.05, 0) is 35.8 Å². The van der Waals surface area contributed by atoms with Gasteiger partial charge in [0.05, 0.1) is 0 Å². The van der Waals surface area contributed by atoms with E-state index in [1.54, 1.807) is 6.08 Å². The molecule has 1 amide bonds. The Hall–Kier alpha value is -2.85. The summed E-state index contributed by atoms with van der Waals surface area (Å²) in [5, 5.41) is 12.0. The second-order valence-electron chi connectivity index (χ2n) is 6.36. The molecule has 3 rings (SSSR count). The molecule has 0 saturated carbocycles. The molecule has 0 aromatic heterocycles. The monoisotopic (exact) mass is 349 g/mol. The summed E-state index contributed by atoms with van der Waals surface area (Å²) in [4.78, 5) is 12.0. The molecule has 2 aromatic carbocycles. The summed E-state index contributed by atoms with van der Waals surface area (Å²) in [5.41, 5.74) is 2.01. The molecular weight excluding hydrogens is 326 g/mol. The topological polar surface area (TPSA) is 58.6 Å². The van der Waals surface area contributed by atoms with E-state index >= 15 is 0 Å². The second-order valence-corrected chi connectivity index (χ2v) is 6.36. The zero-order chi connectivity index (χ0) is 18.2. The smallest absolute Gasteiger partial charge is 0.244 e. The number of nitrogens with one attached hydrogen (secondary N) is 1. The van der Waals surface area contributed by atoms with Gasteiger partial charge in [-0.15, -0.1) is 0 Å². The number of carbonyl (C=O) groups excluding carboxylic acids is 1.